The van der Waals surface area contributed by atoms with Crippen LogP contribution < -0.4 is 70.3 Å². The third kappa shape index (κ3) is 15.0. The van der Waals surface area contributed by atoms with Crippen LogP contribution in [0.4, 0.5) is 39.3 Å². The van der Waals surface area contributed by atoms with Gasteiger partial charge in [0.15, 0.2) is 0 Å². The second kappa shape index (κ2) is 26.6. The van der Waals surface area contributed by atoms with Gasteiger partial charge in [-0.15, -0.1) is 22.7 Å². The van der Waals surface area contributed by atoms with Crippen molar-refractivity contribution in [1.82, 2.24) is 19.8 Å². The van der Waals surface area contributed by atoms with E-state index in [0.717, 1.165) is 71.5 Å². The number of fused-ring (bicyclic) bond motifs is 6. The zero-order valence-corrected chi connectivity index (χ0v) is 53.0. The van der Waals surface area contributed by atoms with Crippen LogP contribution in [0.3, 0.4) is 0 Å². The summed E-state index contributed by atoms with van der Waals surface area (Å²) in [5.74, 6) is 1.77. The van der Waals surface area contributed by atoms with Gasteiger partial charge in [0.1, 0.15) is 35.2 Å². The third-order valence-electron chi connectivity index (χ3n) is 15.6. The van der Waals surface area contributed by atoms with E-state index in [4.69, 9.17) is 28.4 Å². The summed E-state index contributed by atoms with van der Waals surface area (Å²) >= 11 is 6.25. The molecular formula is C58H58BBrF9KN4O8S2. The average molecular weight is 1300 g/mol. The van der Waals surface area contributed by atoms with Crippen LogP contribution >= 0.6 is 38.6 Å². The fourth-order valence-corrected chi connectivity index (χ4v) is 14.6. The van der Waals surface area contributed by atoms with E-state index < -0.39 is 36.9 Å². The molecule has 2 unspecified atom stereocenters. The van der Waals surface area contributed by atoms with Crippen molar-refractivity contribution in [3.8, 4) is 23.0 Å². The molecule has 0 fully saturated rings. The van der Waals surface area contributed by atoms with E-state index in [1.165, 1.54) is 42.6 Å². The second-order valence-electron chi connectivity index (χ2n) is 21.3. The third-order valence-corrected chi connectivity index (χ3v) is 18.5. The molecule has 444 valence electrons. The number of halogens is 10. The molecule has 2 aliphatic carbocycles. The number of nitrogens with zero attached hydrogens (tertiary/aromatic N) is 4. The number of aromatic nitrogens is 2. The number of ether oxygens (including phenoxy) is 6. The fraction of sp³-hybridized carbons (Fsp3) is 0.448. The van der Waals surface area contributed by atoms with Crippen LogP contribution in [0.2, 0.25) is 0 Å². The van der Waals surface area contributed by atoms with Crippen LogP contribution in [-0.2, 0) is 76.7 Å². The minimum Gasteiger partial charge on any atom is -0.492 e. The van der Waals surface area contributed by atoms with E-state index in [1.54, 1.807) is 35.6 Å². The number of benzene rings is 4. The zero-order valence-electron chi connectivity index (χ0n) is 46.6. The number of aryl methyl sites for hydroxylation is 2. The Morgan fingerprint density at radius 3 is 1.60 bits per heavy atom. The van der Waals surface area contributed by atoms with Crippen molar-refractivity contribution >= 4 is 57.5 Å². The van der Waals surface area contributed by atoms with E-state index in [9.17, 15) is 48.9 Å². The van der Waals surface area contributed by atoms with Crippen LogP contribution in [0.25, 0.3) is 0 Å². The van der Waals surface area contributed by atoms with Crippen LogP contribution in [0.1, 0.15) is 131 Å². The Hall–Kier alpha value is -4.25. The Labute approximate surface area is 538 Å². The van der Waals surface area contributed by atoms with Crippen molar-refractivity contribution in [2.24, 2.45) is 0 Å². The second-order valence-corrected chi connectivity index (χ2v) is 24.6. The maximum atomic E-state index is 14.1. The molecule has 0 N–H and O–H groups in total. The van der Waals surface area contributed by atoms with E-state index in [-0.39, 0.29) is 111 Å². The van der Waals surface area contributed by atoms with Crippen molar-refractivity contribution in [2.45, 2.75) is 121 Å². The molecule has 0 amide bonds. The molecule has 0 bridgehead atoms. The van der Waals surface area contributed by atoms with Gasteiger partial charge in [-0.05, 0) is 114 Å². The van der Waals surface area contributed by atoms with Crippen LogP contribution in [0.15, 0.2) is 65.1 Å². The van der Waals surface area contributed by atoms with Gasteiger partial charge >= 0.3 is 82.7 Å². The predicted molar refractivity (Wildman–Crippen MR) is 296 cm³/mol. The molecule has 12 nitrogen and oxygen atoms in total. The minimum atomic E-state index is -4.71. The van der Waals surface area contributed by atoms with Crippen LogP contribution in [-0.4, -0.2) is 85.7 Å². The van der Waals surface area contributed by atoms with Gasteiger partial charge in [-0.3, -0.25) is 14.5 Å². The van der Waals surface area contributed by atoms with Crippen molar-refractivity contribution in [1.29, 1.82) is 0 Å². The first-order chi connectivity index (χ1) is 39.4. The molecule has 0 radical (unpaired) electrons. The molecular weight excluding hydrogens is 1250 g/mol. The molecule has 4 aliphatic heterocycles. The SMILES string of the molecule is COC(=O)CC1COc2cc(O[C@@H]3CCc4c3ccc(C(F)(F)F)c4Br)ccc21.COC(=O)CC1COc2cc(O[C@@H]3CCc4c3ccc(C(F)(F)F)c4CN3CCc4nc(C)sc4C3)ccc21.Cc1nc2c(s1)CN(C[B-](F)(F)F)CC2.[K+]. The number of carbonyl (C=O) groups is 2. The largest absolute Gasteiger partial charge is 1.00 e. The maximum absolute atomic E-state index is 14.1. The Balaban J connectivity index is 0.000000165. The molecule has 6 heterocycles. The first kappa shape index (κ1) is 64.2. The number of methoxy groups -OCH3 is 2. The Morgan fingerprint density at radius 2 is 1.11 bits per heavy atom. The van der Waals surface area contributed by atoms with Gasteiger partial charge in [0.25, 0.3) is 0 Å². The molecule has 4 atom stereocenters. The summed E-state index contributed by atoms with van der Waals surface area (Å²) in [5.41, 5.74) is 6.01. The fourth-order valence-electron chi connectivity index (χ4n) is 11.7. The minimum absolute atomic E-state index is 0. The summed E-state index contributed by atoms with van der Waals surface area (Å²) < 4.78 is 152. The smallest absolute Gasteiger partial charge is 0.492 e. The molecule has 0 spiro atoms. The molecule has 26 heteroatoms. The quantitative estimate of drug-likeness (QED) is 0.0659. The number of hydrogen-bond donors (Lipinski definition) is 0. The number of rotatable bonds is 12. The zero-order chi connectivity index (χ0) is 59.1. The van der Waals surface area contributed by atoms with Crippen molar-refractivity contribution in [3.63, 3.8) is 0 Å². The number of alkyl halides is 6. The van der Waals surface area contributed by atoms with Gasteiger partial charge in [0.05, 0.1) is 72.8 Å². The van der Waals surface area contributed by atoms with E-state index in [1.807, 2.05) is 32.0 Å². The van der Waals surface area contributed by atoms with E-state index in [2.05, 4.69) is 30.8 Å². The standard InChI is InChI=1S/C29H29F3N2O4S.C21H18BrF3O4.C8H11BF3N2S.K/c1-16-33-24-9-10-34(14-27(24)39-16)13-22-20-6-8-25(21(20)5-7-23(22)29(30,31)32)38-18-3-4-19-17(11-28(35)36-2)15-37-26(19)12-18;1-27-19(26)8-11-10-28-18-9-12(2-3-13(11)18)29-17-7-5-15-14(17)4-6-16(20(15)22)21(23,24)25;1-6-13-7-2-3-14(4-8(7)15-6)5-9(10,11)12;/h3-5,7,12,17,25H,6,8-11,13-15H2,1-2H3;2-4,6,9,11,17H,5,7-8,10H2,1H3;2-5H2,1H3;/q;;-1;+1/t17?,25-;11?,17-;;/m11../s1. The first-order valence-corrected chi connectivity index (χ1v) is 29.5. The van der Waals surface area contributed by atoms with Crippen molar-refractivity contribution < 1.29 is 129 Å². The molecule has 84 heavy (non-hydrogen) atoms. The number of carbonyl (C=O) groups excluding carboxylic acids is 2. The summed E-state index contributed by atoms with van der Waals surface area (Å²) in [6, 6.07) is 16.3. The number of hydrogen-bond acceptors (Lipinski definition) is 14. The van der Waals surface area contributed by atoms with Crippen molar-refractivity contribution in [2.75, 3.05) is 47.0 Å². The molecule has 6 aliphatic rings. The predicted octanol–water partition coefficient (Wildman–Crippen LogP) is 10.9. The molecule has 2 aromatic heterocycles. The van der Waals surface area contributed by atoms with Gasteiger partial charge in [0.2, 0.25) is 0 Å². The van der Waals surface area contributed by atoms with Gasteiger partial charge in [-0.1, -0.05) is 24.3 Å². The van der Waals surface area contributed by atoms with Crippen molar-refractivity contribution in [3.05, 3.63) is 146 Å². The Morgan fingerprint density at radius 1 is 0.655 bits per heavy atom. The molecule has 4 aromatic carbocycles. The topological polar surface area (TPSA) is 122 Å². The summed E-state index contributed by atoms with van der Waals surface area (Å²) in [6.07, 6.45) is -6.13. The summed E-state index contributed by atoms with van der Waals surface area (Å²) in [5, 5.41) is 1.94. The first-order valence-electron chi connectivity index (χ1n) is 27.1. The number of thiazole rings is 2. The normalized spacial score (nSPS) is 19.5. The Bertz CT molecular complexity index is 3400. The summed E-state index contributed by atoms with van der Waals surface area (Å²) in [4.78, 5) is 37.8. The summed E-state index contributed by atoms with van der Waals surface area (Å²) in [7, 11) is 2.72. The van der Waals surface area contributed by atoms with Gasteiger partial charge in [-0.2, -0.15) is 26.3 Å². The molecule has 0 saturated heterocycles. The van der Waals surface area contributed by atoms with Crippen LogP contribution in [0, 0.1) is 13.8 Å². The average Bonchev–Trinajstić information content (AvgIpc) is 2.10. The van der Waals surface area contributed by atoms with E-state index >= 15 is 0 Å². The Kier molecular flexibility index (Phi) is 20.3. The monoisotopic (exact) mass is 1300 g/mol. The molecule has 6 aromatic rings. The van der Waals surface area contributed by atoms with E-state index in [0.29, 0.717) is 106 Å². The molecule has 12 rings (SSSR count). The maximum Gasteiger partial charge on any atom is 1.00 e. The number of esters is 2. The van der Waals surface area contributed by atoms with Gasteiger partial charge in [0, 0.05) is 94.9 Å². The van der Waals surface area contributed by atoms with Gasteiger partial charge < -0.3 is 46.3 Å². The van der Waals surface area contributed by atoms with Crippen LogP contribution in [0.5, 0.6) is 23.0 Å². The van der Waals surface area contributed by atoms with Gasteiger partial charge in [-0.25, -0.2) is 9.97 Å². The summed E-state index contributed by atoms with van der Waals surface area (Å²) in [6.45, 7) is 2.36. The molecule has 0 saturated carbocycles.